The Morgan fingerprint density at radius 3 is 2.72 bits per heavy atom. The van der Waals surface area contributed by atoms with Crippen molar-refractivity contribution in [2.24, 2.45) is 17.8 Å². The van der Waals surface area contributed by atoms with Crippen LogP contribution in [0.5, 0.6) is 0 Å². The maximum atomic E-state index is 13.7. The molecule has 0 aliphatic heterocycles. The number of Topliss-reactive ketones (excluding diaryl/α,β-unsaturated/α-hetero) is 1. The van der Waals surface area contributed by atoms with Crippen molar-refractivity contribution in [1.29, 1.82) is 0 Å². The van der Waals surface area contributed by atoms with Gasteiger partial charge in [0.25, 0.3) is 0 Å². The molecule has 3 heterocycles. The Morgan fingerprint density at radius 1 is 1.21 bits per heavy atom. The summed E-state index contributed by atoms with van der Waals surface area (Å²) in [6.45, 7) is 1.67. The third-order valence-electron chi connectivity index (χ3n) is 6.33. The van der Waals surface area contributed by atoms with Crippen molar-refractivity contribution in [3.05, 3.63) is 29.3 Å². The molecule has 3 saturated carbocycles. The smallest absolute Gasteiger partial charge is 0.182 e. The molecule has 0 spiro atoms. The van der Waals surface area contributed by atoms with Gasteiger partial charge >= 0.3 is 0 Å². The molecule has 29 heavy (non-hydrogen) atoms. The Balaban J connectivity index is 1.51. The van der Waals surface area contributed by atoms with Gasteiger partial charge in [0, 0.05) is 12.0 Å². The number of anilines is 1. The standard InChI is InChI=1S/C20H20ClFN6O/c1-9(29)15-10-2-4-11(5-3-10)16(15)25-19-14(21)8-24-20(26-19)17-13-6-12(22)7-23-18(13)28-27-17/h6-8,10-11,15-16H,2-5H2,1H3,(H,23,27,28)(H,24,25,26)/t10?,11?,15-,16?/m0/s1. The van der Waals surface area contributed by atoms with Crippen LogP contribution in [-0.2, 0) is 4.79 Å². The number of nitrogens with zero attached hydrogens (tertiary/aromatic N) is 4. The topological polar surface area (TPSA) is 96.5 Å². The first-order valence-corrected chi connectivity index (χ1v) is 10.2. The van der Waals surface area contributed by atoms with E-state index in [-0.39, 0.29) is 17.7 Å². The van der Waals surface area contributed by atoms with Crippen molar-refractivity contribution in [2.45, 2.75) is 38.6 Å². The molecule has 3 aromatic rings. The van der Waals surface area contributed by atoms with Crippen molar-refractivity contribution in [2.75, 3.05) is 5.32 Å². The summed E-state index contributed by atoms with van der Waals surface area (Å²) in [6.07, 6.45) is 7.05. The van der Waals surface area contributed by atoms with E-state index in [1.54, 1.807) is 6.92 Å². The van der Waals surface area contributed by atoms with Gasteiger partial charge in [0.05, 0.1) is 17.8 Å². The van der Waals surface area contributed by atoms with Crippen LogP contribution in [-0.4, -0.2) is 37.0 Å². The summed E-state index contributed by atoms with van der Waals surface area (Å²) in [5.41, 5.74) is 0.857. The number of pyridine rings is 1. The summed E-state index contributed by atoms with van der Waals surface area (Å²) >= 11 is 6.38. The van der Waals surface area contributed by atoms with Gasteiger partial charge in [0.15, 0.2) is 11.5 Å². The summed E-state index contributed by atoms with van der Waals surface area (Å²) in [7, 11) is 0. The van der Waals surface area contributed by atoms with Gasteiger partial charge in [-0.1, -0.05) is 11.6 Å². The lowest BCUT2D eigenvalue weighted by atomic mass is 9.60. The zero-order chi connectivity index (χ0) is 20.1. The molecule has 2 N–H and O–H groups in total. The molecular weight excluding hydrogens is 395 g/mol. The highest BCUT2D eigenvalue weighted by Gasteiger charge is 2.46. The Morgan fingerprint density at radius 2 is 1.97 bits per heavy atom. The summed E-state index contributed by atoms with van der Waals surface area (Å²) in [5.74, 6) is 1.35. The number of carbonyl (C=O) groups excluding carboxylic acids is 1. The number of H-pyrrole nitrogens is 1. The average Bonchev–Trinajstić information content (AvgIpc) is 3.13. The third-order valence-corrected chi connectivity index (χ3v) is 6.61. The van der Waals surface area contributed by atoms with Crippen molar-refractivity contribution >= 4 is 34.2 Å². The van der Waals surface area contributed by atoms with Gasteiger partial charge in [0.1, 0.15) is 28.1 Å². The van der Waals surface area contributed by atoms with E-state index in [9.17, 15) is 9.18 Å². The Kier molecular flexibility index (Phi) is 4.46. The summed E-state index contributed by atoms with van der Waals surface area (Å²) in [4.78, 5) is 25.2. The second-order valence-corrected chi connectivity index (χ2v) is 8.40. The predicted octanol–water partition coefficient (Wildman–Crippen LogP) is 4.01. The first-order valence-electron chi connectivity index (χ1n) is 9.81. The third kappa shape index (κ3) is 3.15. The molecule has 0 aromatic carbocycles. The van der Waals surface area contributed by atoms with E-state index in [0.717, 1.165) is 31.9 Å². The molecule has 7 nitrogen and oxygen atoms in total. The van der Waals surface area contributed by atoms with Gasteiger partial charge in [-0.2, -0.15) is 5.10 Å². The number of rotatable bonds is 4. The second-order valence-electron chi connectivity index (χ2n) is 7.99. The van der Waals surface area contributed by atoms with E-state index < -0.39 is 5.82 Å². The average molecular weight is 415 g/mol. The first-order chi connectivity index (χ1) is 14.0. The monoisotopic (exact) mass is 414 g/mol. The fourth-order valence-corrected chi connectivity index (χ4v) is 5.18. The highest BCUT2D eigenvalue weighted by atomic mass is 35.5. The highest BCUT2D eigenvalue weighted by Crippen LogP contribution is 2.47. The molecule has 3 fully saturated rings. The minimum atomic E-state index is -0.463. The minimum Gasteiger partial charge on any atom is -0.365 e. The Bertz CT molecular complexity index is 1090. The van der Waals surface area contributed by atoms with E-state index >= 15 is 0 Å². The van der Waals surface area contributed by atoms with Crippen LogP contribution in [0.2, 0.25) is 5.02 Å². The molecule has 0 amide bonds. The lowest BCUT2D eigenvalue weighted by molar-refractivity contribution is -0.126. The fourth-order valence-electron chi connectivity index (χ4n) is 5.03. The van der Waals surface area contributed by atoms with Gasteiger partial charge < -0.3 is 5.32 Å². The zero-order valence-corrected chi connectivity index (χ0v) is 16.6. The maximum absolute atomic E-state index is 13.7. The normalized spacial score (nSPS) is 26.0. The van der Waals surface area contributed by atoms with Gasteiger partial charge in [-0.3, -0.25) is 9.89 Å². The molecule has 0 saturated heterocycles. The van der Waals surface area contributed by atoms with Gasteiger partial charge in [-0.25, -0.2) is 19.3 Å². The fraction of sp³-hybridized carbons (Fsp3) is 0.450. The van der Waals surface area contributed by atoms with Gasteiger partial charge in [-0.05, 0) is 50.5 Å². The highest BCUT2D eigenvalue weighted by molar-refractivity contribution is 6.32. The quantitative estimate of drug-likeness (QED) is 0.669. The van der Waals surface area contributed by atoms with Crippen molar-refractivity contribution in [3.63, 3.8) is 0 Å². The van der Waals surface area contributed by atoms with Gasteiger partial charge in [0.2, 0.25) is 0 Å². The number of ketones is 1. The van der Waals surface area contributed by atoms with E-state index in [1.165, 1.54) is 12.3 Å². The van der Waals surface area contributed by atoms with Crippen molar-refractivity contribution in [3.8, 4) is 11.5 Å². The minimum absolute atomic E-state index is 0.00953. The van der Waals surface area contributed by atoms with Crippen LogP contribution in [0.3, 0.4) is 0 Å². The molecule has 6 rings (SSSR count). The van der Waals surface area contributed by atoms with Crippen molar-refractivity contribution < 1.29 is 9.18 Å². The van der Waals surface area contributed by atoms with E-state index in [4.69, 9.17) is 11.6 Å². The van der Waals surface area contributed by atoms with Crippen LogP contribution in [0.15, 0.2) is 18.5 Å². The van der Waals surface area contributed by atoms with Crippen LogP contribution < -0.4 is 5.32 Å². The molecule has 2 atom stereocenters. The van der Waals surface area contributed by atoms with E-state index in [0.29, 0.717) is 45.2 Å². The molecule has 150 valence electrons. The number of carbonyl (C=O) groups is 1. The second kappa shape index (κ2) is 7.02. The van der Waals surface area contributed by atoms with Crippen LogP contribution in [0.1, 0.15) is 32.6 Å². The van der Waals surface area contributed by atoms with Crippen LogP contribution in [0.4, 0.5) is 10.2 Å². The van der Waals surface area contributed by atoms with E-state index in [2.05, 4.69) is 30.5 Å². The summed E-state index contributed by atoms with van der Waals surface area (Å²) < 4.78 is 13.7. The molecule has 9 heteroatoms. The Hall–Kier alpha value is -2.61. The predicted molar refractivity (Wildman–Crippen MR) is 107 cm³/mol. The number of aromatic nitrogens is 5. The number of aromatic amines is 1. The number of fused-ring (bicyclic) bond motifs is 4. The van der Waals surface area contributed by atoms with Crippen LogP contribution >= 0.6 is 11.6 Å². The molecule has 2 bridgehead atoms. The molecule has 3 aliphatic rings. The zero-order valence-electron chi connectivity index (χ0n) is 15.8. The van der Waals surface area contributed by atoms with Crippen molar-refractivity contribution in [1.82, 2.24) is 25.1 Å². The molecule has 3 aliphatic carbocycles. The number of hydrogen-bond donors (Lipinski definition) is 2. The lowest BCUT2D eigenvalue weighted by Crippen LogP contribution is -2.51. The summed E-state index contributed by atoms with van der Waals surface area (Å²) in [5, 5.41) is 11.3. The largest absolute Gasteiger partial charge is 0.365 e. The van der Waals surface area contributed by atoms with Gasteiger partial charge in [-0.15, -0.1) is 0 Å². The molecular formula is C20H20ClFN6O. The molecule has 1 unspecified atom stereocenters. The Labute approximate surface area is 171 Å². The van der Waals surface area contributed by atoms with E-state index in [1.807, 2.05) is 0 Å². The first kappa shape index (κ1) is 18.4. The number of hydrogen-bond acceptors (Lipinski definition) is 6. The summed E-state index contributed by atoms with van der Waals surface area (Å²) in [6, 6.07) is 1.35. The number of nitrogens with one attached hydrogen (secondary N) is 2. The lowest BCUT2D eigenvalue weighted by Gasteiger charge is -2.48. The molecule has 0 radical (unpaired) electrons. The van der Waals surface area contributed by atoms with Crippen LogP contribution in [0, 0.1) is 23.6 Å². The maximum Gasteiger partial charge on any atom is 0.182 e. The molecule has 3 aromatic heterocycles. The SMILES string of the molecule is CC(=O)[C@H]1C2CCC(CC2)C1Nc1nc(-c2n[nH]c3ncc(F)cc23)ncc1Cl. The van der Waals surface area contributed by atoms with Crippen LogP contribution in [0.25, 0.3) is 22.6 Å². The number of halogens is 2.